The molecule has 1 aromatic heterocycles. The van der Waals surface area contributed by atoms with Gasteiger partial charge in [0, 0.05) is 44.7 Å². The number of ether oxygens (including phenoxy) is 2. The normalized spacial score (nSPS) is 21.7. The van der Waals surface area contributed by atoms with Crippen LogP contribution in [-0.2, 0) is 21.3 Å². The van der Waals surface area contributed by atoms with E-state index in [1.165, 1.54) is 22.9 Å². The molecule has 0 unspecified atom stereocenters. The molecule has 7 nitrogen and oxygen atoms in total. The lowest BCUT2D eigenvalue weighted by Crippen LogP contribution is -2.48. The zero-order valence-corrected chi connectivity index (χ0v) is 22.1. The van der Waals surface area contributed by atoms with Gasteiger partial charge in [0.05, 0.1) is 19.4 Å². The maximum atomic E-state index is 13.1. The molecule has 2 fully saturated rings. The van der Waals surface area contributed by atoms with E-state index in [1.807, 2.05) is 6.07 Å². The van der Waals surface area contributed by atoms with Crippen molar-refractivity contribution >= 4 is 11.4 Å². The first-order chi connectivity index (χ1) is 17.9. The SMILES string of the molecule is CC1(C)CC=C(c2cc(C3(CN4CCOCC4)CCOCC3)ccc2CC(=O)c2ncc(C#N)[nH]2)CC1. The fourth-order valence-electron chi connectivity index (χ4n) is 5.94. The number of nitriles is 1. The molecule has 3 heterocycles. The molecule has 0 amide bonds. The number of aromatic amines is 1. The lowest BCUT2D eigenvalue weighted by Gasteiger charge is -2.43. The van der Waals surface area contributed by atoms with Gasteiger partial charge in [-0.15, -0.1) is 0 Å². The summed E-state index contributed by atoms with van der Waals surface area (Å²) in [6.45, 7) is 10.7. The van der Waals surface area contributed by atoms with Crippen LogP contribution in [0.25, 0.3) is 5.57 Å². The van der Waals surface area contributed by atoms with Gasteiger partial charge in [0.2, 0.25) is 5.78 Å². The first-order valence-electron chi connectivity index (χ1n) is 13.6. The predicted molar refractivity (Wildman–Crippen MR) is 142 cm³/mol. The van der Waals surface area contributed by atoms with Crippen molar-refractivity contribution in [1.29, 1.82) is 5.26 Å². The number of hydrogen-bond donors (Lipinski definition) is 1. The van der Waals surface area contributed by atoms with Crippen LogP contribution in [0.3, 0.4) is 0 Å². The van der Waals surface area contributed by atoms with E-state index in [1.54, 1.807) is 0 Å². The average Bonchev–Trinajstić information content (AvgIpc) is 3.40. The summed E-state index contributed by atoms with van der Waals surface area (Å²) >= 11 is 0. The molecular formula is C30H38N4O3. The molecule has 0 radical (unpaired) electrons. The Labute approximate surface area is 219 Å². The van der Waals surface area contributed by atoms with Gasteiger partial charge in [-0.05, 0) is 59.8 Å². The van der Waals surface area contributed by atoms with Gasteiger partial charge in [-0.1, -0.05) is 38.1 Å². The van der Waals surface area contributed by atoms with Gasteiger partial charge in [0.15, 0.2) is 5.82 Å². The summed E-state index contributed by atoms with van der Waals surface area (Å²) in [7, 11) is 0. The Morgan fingerprint density at radius 1 is 1.14 bits per heavy atom. The molecule has 3 aliphatic rings. The highest BCUT2D eigenvalue weighted by Gasteiger charge is 2.37. The number of hydrogen-bond acceptors (Lipinski definition) is 6. The Morgan fingerprint density at radius 3 is 2.57 bits per heavy atom. The summed E-state index contributed by atoms with van der Waals surface area (Å²) in [6.07, 6.45) is 9.24. The molecule has 196 valence electrons. The largest absolute Gasteiger partial charge is 0.381 e. The van der Waals surface area contributed by atoms with E-state index >= 15 is 0 Å². The number of H-pyrrole nitrogens is 1. The van der Waals surface area contributed by atoms with E-state index in [4.69, 9.17) is 14.7 Å². The highest BCUT2D eigenvalue weighted by molar-refractivity contribution is 5.95. The topological polar surface area (TPSA) is 91.2 Å². The van der Waals surface area contributed by atoms with Crippen molar-refractivity contribution in [3.63, 3.8) is 0 Å². The number of nitrogens with one attached hydrogen (secondary N) is 1. The summed E-state index contributed by atoms with van der Waals surface area (Å²) in [5.74, 6) is 0.153. The van der Waals surface area contributed by atoms with Gasteiger partial charge in [-0.2, -0.15) is 5.26 Å². The Kier molecular flexibility index (Phi) is 7.62. The van der Waals surface area contributed by atoms with Crippen LogP contribution in [-0.4, -0.2) is 66.7 Å². The van der Waals surface area contributed by atoms with E-state index in [-0.39, 0.29) is 23.4 Å². The molecule has 37 heavy (non-hydrogen) atoms. The van der Waals surface area contributed by atoms with Crippen LogP contribution < -0.4 is 0 Å². The summed E-state index contributed by atoms with van der Waals surface area (Å²) in [4.78, 5) is 22.7. The molecule has 1 N–H and O–H groups in total. The van der Waals surface area contributed by atoms with Gasteiger partial charge in [-0.3, -0.25) is 9.69 Å². The third-order valence-corrected chi connectivity index (χ3v) is 8.43. The molecule has 0 atom stereocenters. The number of carbonyl (C=O) groups is 1. The summed E-state index contributed by atoms with van der Waals surface area (Å²) < 4.78 is 11.4. The predicted octanol–water partition coefficient (Wildman–Crippen LogP) is 4.68. The van der Waals surface area contributed by atoms with Crippen LogP contribution in [0.5, 0.6) is 0 Å². The minimum atomic E-state index is -0.0960. The zero-order chi connectivity index (χ0) is 25.9. The molecule has 2 saturated heterocycles. The van der Waals surface area contributed by atoms with Crippen LogP contribution in [0.4, 0.5) is 0 Å². The Hall–Kier alpha value is -2.79. The smallest absolute Gasteiger partial charge is 0.202 e. The van der Waals surface area contributed by atoms with E-state index < -0.39 is 0 Å². The van der Waals surface area contributed by atoms with Crippen molar-refractivity contribution in [2.45, 2.75) is 57.8 Å². The van der Waals surface area contributed by atoms with E-state index in [0.29, 0.717) is 11.1 Å². The van der Waals surface area contributed by atoms with Gasteiger partial charge < -0.3 is 14.5 Å². The quantitative estimate of drug-likeness (QED) is 0.553. The summed E-state index contributed by atoms with van der Waals surface area (Å²) in [5.41, 5.74) is 5.56. The third kappa shape index (κ3) is 5.87. The third-order valence-electron chi connectivity index (χ3n) is 8.43. The maximum Gasteiger partial charge on any atom is 0.202 e. The van der Waals surface area contributed by atoms with Gasteiger partial charge >= 0.3 is 0 Å². The number of allylic oxidation sites excluding steroid dienone is 2. The van der Waals surface area contributed by atoms with Crippen molar-refractivity contribution in [1.82, 2.24) is 14.9 Å². The first kappa shape index (κ1) is 25.8. The number of Topliss-reactive ketones (excluding diaryl/α,β-unsaturated/α-hetero) is 1. The Balaban J connectivity index is 1.50. The summed E-state index contributed by atoms with van der Waals surface area (Å²) in [6, 6.07) is 8.80. The van der Waals surface area contributed by atoms with Gasteiger partial charge in [-0.25, -0.2) is 4.98 Å². The fraction of sp³-hybridized carbons (Fsp3) is 0.567. The number of imidazole rings is 1. The lowest BCUT2D eigenvalue weighted by atomic mass is 9.71. The molecule has 0 bridgehead atoms. The van der Waals surface area contributed by atoms with Gasteiger partial charge in [0.25, 0.3) is 0 Å². The minimum Gasteiger partial charge on any atom is -0.381 e. The highest BCUT2D eigenvalue weighted by Crippen LogP contribution is 2.42. The maximum absolute atomic E-state index is 13.1. The van der Waals surface area contributed by atoms with Crippen LogP contribution in [0.2, 0.25) is 0 Å². The number of benzene rings is 1. The molecule has 0 saturated carbocycles. The molecule has 2 aliphatic heterocycles. The average molecular weight is 503 g/mol. The van der Waals surface area contributed by atoms with Crippen molar-refractivity contribution in [2.24, 2.45) is 5.41 Å². The zero-order valence-electron chi connectivity index (χ0n) is 22.1. The van der Waals surface area contributed by atoms with E-state index in [0.717, 1.165) is 83.7 Å². The number of morpholine rings is 1. The van der Waals surface area contributed by atoms with Gasteiger partial charge in [0.1, 0.15) is 11.8 Å². The number of aromatic nitrogens is 2. The number of rotatable bonds is 7. The molecule has 7 heteroatoms. The van der Waals surface area contributed by atoms with Crippen molar-refractivity contribution in [2.75, 3.05) is 46.1 Å². The monoisotopic (exact) mass is 502 g/mol. The fourth-order valence-corrected chi connectivity index (χ4v) is 5.94. The van der Waals surface area contributed by atoms with Crippen LogP contribution in [0, 0.1) is 16.7 Å². The Morgan fingerprint density at radius 2 is 1.89 bits per heavy atom. The first-order valence-corrected chi connectivity index (χ1v) is 13.6. The van der Waals surface area contributed by atoms with Crippen LogP contribution >= 0.6 is 0 Å². The van der Waals surface area contributed by atoms with E-state index in [9.17, 15) is 4.79 Å². The second kappa shape index (κ2) is 10.9. The van der Waals surface area contributed by atoms with E-state index in [2.05, 4.69) is 53.0 Å². The molecular weight excluding hydrogens is 464 g/mol. The number of carbonyl (C=O) groups excluding carboxylic acids is 1. The molecule has 1 aromatic carbocycles. The molecule has 5 rings (SSSR count). The molecule has 1 aliphatic carbocycles. The minimum absolute atomic E-state index is 0.0318. The molecule has 0 spiro atoms. The number of ketones is 1. The second-order valence-electron chi connectivity index (χ2n) is 11.6. The summed E-state index contributed by atoms with van der Waals surface area (Å²) in [5, 5.41) is 9.12. The second-order valence-corrected chi connectivity index (χ2v) is 11.6. The van der Waals surface area contributed by atoms with Crippen LogP contribution in [0.1, 0.15) is 79.0 Å². The standard InChI is InChI=1S/C30H38N4O3/c1-29(2)7-5-22(6-8-29)26-18-24(4-3-23(26)17-27(35)28-32-20-25(19-31)33-28)30(9-13-36-14-10-30)21-34-11-15-37-16-12-34/h3-5,18,20H,6-17,21H2,1-2H3,(H,32,33). The van der Waals surface area contributed by atoms with Crippen LogP contribution in [0.15, 0.2) is 30.5 Å². The lowest BCUT2D eigenvalue weighted by molar-refractivity contribution is -0.00119. The highest BCUT2D eigenvalue weighted by atomic mass is 16.5. The molecule has 2 aromatic rings. The van der Waals surface area contributed by atoms with Crippen molar-refractivity contribution in [3.8, 4) is 6.07 Å². The number of nitrogens with zero attached hydrogens (tertiary/aromatic N) is 3. The Bertz CT molecular complexity index is 1190. The van der Waals surface area contributed by atoms with Crippen molar-refractivity contribution < 1.29 is 14.3 Å². The van der Waals surface area contributed by atoms with Crippen molar-refractivity contribution in [3.05, 3.63) is 58.7 Å².